The molecule has 0 bridgehead atoms. The molecular formula is C23H38F3P. The normalized spacial score (nSPS) is 50.8. The topological polar surface area (TPSA) is 0 Å². The van der Waals surface area contributed by atoms with Crippen LogP contribution in [0.4, 0.5) is 13.2 Å². The van der Waals surface area contributed by atoms with Crippen LogP contribution in [0, 0.1) is 41.4 Å². The molecule has 4 aliphatic rings. The monoisotopic (exact) mass is 402 g/mol. The van der Waals surface area contributed by atoms with E-state index in [-0.39, 0.29) is 11.8 Å². The Balaban J connectivity index is 1.38. The highest BCUT2D eigenvalue weighted by molar-refractivity contribution is 7.17. The smallest absolute Gasteiger partial charge is 0.247 e. The van der Waals surface area contributed by atoms with Crippen molar-refractivity contribution in [3.63, 3.8) is 0 Å². The Morgan fingerprint density at radius 2 is 1.15 bits per heavy atom. The van der Waals surface area contributed by atoms with Crippen molar-refractivity contribution < 1.29 is 13.2 Å². The van der Waals surface area contributed by atoms with Gasteiger partial charge in [0.05, 0.1) is 0 Å². The summed E-state index contributed by atoms with van der Waals surface area (Å²) in [6.45, 7) is 2.36. The minimum Gasteiger partial charge on any atom is -0.247 e. The Morgan fingerprint density at radius 3 is 1.78 bits per heavy atom. The van der Waals surface area contributed by atoms with Crippen molar-refractivity contribution in [2.45, 2.75) is 102 Å². The fraction of sp³-hybridized carbons (Fsp3) is 1.00. The van der Waals surface area contributed by atoms with E-state index in [4.69, 9.17) is 0 Å². The zero-order valence-corrected chi connectivity index (χ0v) is 18.0. The van der Waals surface area contributed by atoms with Crippen LogP contribution in [0.3, 0.4) is 0 Å². The van der Waals surface area contributed by atoms with Crippen LogP contribution >= 0.6 is 9.24 Å². The summed E-state index contributed by atoms with van der Waals surface area (Å²) in [5.41, 5.74) is -0.554. The van der Waals surface area contributed by atoms with Crippen LogP contribution in [0.25, 0.3) is 0 Å². The van der Waals surface area contributed by atoms with Crippen LogP contribution in [0.15, 0.2) is 0 Å². The standard InChI is InChI=1S/C23H38F3P/c1-14-2-4-15(5-3-14)16-6-8-17(9-7-16)19-12-10-18-11-13-20(24)22(27)21(18)23(19,25)26/h14-22H,2-13,27H2,1H3. The highest BCUT2D eigenvalue weighted by atomic mass is 31.0. The number of halogens is 3. The highest BCUT2D eigenvalue weighted by Crippen LogP contribution is 2.57. The fourth-order valence-electron chi connectivity index (χ4n) is 7.34. The van der Waals surface area contributed by atoms with Crippen molar-refractivity contribution in [2.75, 3.05) is 0 Å². The molecule has 4 fully saturated rings. The van der Waals surface area contributed by atoms with Crippen LogP contribution in [-0.4, -0.2) is 17.8 Å². The molecule has 4 rings (SSSR count). The van der Waals surface area contributed by atoms with Crippen molar-refractivity contribution in [3.8, 4) is 0 Å². The third-order valence-electron chi connectivity index (χ3n) is 9.05. The van der Waals surface area contributed by atoms with Gasteiger partial charge in [0, 0.05) is 17.5 Å². The van der Waals surface area contributed by atoms with Gasteiger partial charge in [-0.15, -0.1) is 9.24 Å². The van der Waals surface area contributed by atoms with Gasteiger partial charge in [-0.25, -0.2) is 13.2 Å². The van der Waals surface area contributed by atoms with Crippen LogP contribution in [0.5, 0.6) is 0 Å². The number of alkyl halides is 3. The first-order chi connectivity index (χ1) is 12.9. The second kappa shape index (κ2) is 8.16. The lowest BCUT2D eigenvalue weighted by molar-refractivity contribution is -0.184. The van der Waals surface area contributed by atoms with Gasteiger partial charge in [-0.1, -0.05) is 19.8 Å². The molecule has 0 spiro atoms. The molecule has 6 unspecified atom stereocenters. The zero-order valence-electron chi connectivity index (χ0n) is 16.9. The SMILES string of the molecule is CC1CCC(C2CCC(C3CCC4CCC(F)C(P)C4C3(F)F)CC2)CC1. The summed E-state index contributed by atoms with van der Waals surface area (Å²) in [4.78, 5) is 0. The van der Waals surface area contributed by atoms with Crippen molar-refractivity contribution in [3.05, 3.63) is 0 Å². The summed E-state index contributed by atoms with van der Waals surface area (Å²) < 4.78 is 45.2. The molecule has 0 nitrogen and oxygen atoms in total. The number of hydrogen-bond donors (Lipinski definition) is 0. The second-order valence-corrected chi connectivity index (χ2v) is 11.3. The van der Waals surface area contributed by atoms with Gasteiger partial charge in [-0.05, 0) is 93.8 Å². The summed E-state index contributed by atoms with van der Waals surface area (Å²) in [5, 5.41) is 0. The first-order valence-corrected chi connectivity index (χ1v) is 12.3. The Labute approximate surface area is 166 Å². The minimum absolute atomic E-state index is 0.0336. The maximum atomic E-state index is 15.5. The molecule has 4 heteroatoms. The third-order valence-corrected chi connectivity index (χ3v) is 9.89. The lowest BCUT2D eigenvalue weighted by Crippen LogP contribution is -2.55. The van der Waals surface area contributed by atoms with Crippen molar-refractivity contribution in [2.24, 2.45) is 41.4 Å². The van der Waals surface area contributed by atoms with Gasteiger partial charge in [0.25, 0.3) is 5.92 Å². The quantitative estimate of drug-likeness (QED) is 0.426. The van der Waals surface area contributed by atoms with E-state index < -0.39 is 29.6 Å². The summed E-state index contributed by atoms with van der Waals surface area (Å²) in [6.07, 6.45) is 11.3. The number of hydrogen-bond acceptors (Lipinski definition) is 0. The largest absolute Gasteiger partial charge is 0.254 e. The average molecular weight is 403 g/mol. The third kappa shape index (κ3) is 3.97. The van der Waals surface area contributed by atoms with Gasteiger partial charge in [0.1, 0.15) is 6.17 Å². The van der Waals surface area contributed by atoms with Crippen molar-refractivity contribution in [1.29, 1.82) is 0 Å². The molecule has 0 radical (unpaired) electrons. The maximum absolute atomic E-state index is 15.5. The van der Waals surface area contributed by atoms with E-state index in [1.54, 1.807) is 0 Å². The molecule has 156 valence electrons. The number of rotatable bonds is 2. The predicted octanol–water partition coefficient (Wildman–Crippen LogP) is 7.27. The molecule has 4 saturated carbocycles. The van der Waals surface area contributed by atoms with E-state index in [2.05, 4.69) is 16.2 Å². The van der Waals surface area contributed by atoms with Gasteiger partial charge >= 0.3 is 0 Å². The van der Waals surface area contributed by atoms with Crippen LogP contribution in [0.2, 0.25) is 0 Å². The summed E-state index contributed by atoms with van der Waals surface area (Å²) in [7, 11) is 2.45. The number of fused-ring (bicyclic) bond motifs is 1. The lowest BCUT2D eigenvalue weighted by atomic mass is 9.59. The molecule has 0 aromatic rings. The Bertz CT molecular complexity index is 492. The molecule has 0 heterocycles. The molecule has 0 aliphatic heterocycles. The molecule has 0 aromatic carbocycles. The van der Waals surface area contributed by atoms with E-state index in [9.17, 15) is 4.39 Å². The molecular weight excluding hydrogens is 364 g/mol. The Hall–Kier alpha value is 0.220. The van der Waals surface area contributed by atoms with E-state index in [0.29, 0.717) is 19.3 Å². The molecule has 6 atom stereocenters. The predicted molar refractivity (Wildman–Crippen MR) is 109 cm³/mol. The van der Waals surface area contributed by atoms with Crippen molar-refractivity contribution >= 4 is 9.24 Å². The average Bonchev–Trinajstić information content (AvgIpc) is 2.65. The first kappa shape index (κ1) is 20.5. The van der Waals surface area contributed by atoms with Crippen molar-refractivity contribution in [1.82, 2.24) is 0 Å². The van der Waals surface area contributed by atoms with E-state index in [0.717, 1.165) is 49.9 Å². The fourth-order valence-corrected chi connectivity index (χ4v) is 8.10. The Kier molecular flexibility index (Phi) is 6.19. The van der Waals surface area contributed by atoms with E-state index >= 15 is 8.78 Å². The van der Waals surface area contributed by atoms with Crippen LogP contribution < -0.4 is 0 Å². The lowest BCUT2D eigenvalue weighted by Gasteiger charge is -2.52. The highest BCUT2D eigenvalue weighted by Gasteiger charge is 2.59. The molecule has 0 N–H and O–H groups in total. The van der Waals surface area contributed by atoms with Gasteiger partial charge in [-0.3, -0.25) is 0 Å². The molecule has 0 saturated heterocycles. The van der Waals surface area contributed by atoms with Gasteiger partial charge in [-0.2, -0.15) is 0 Å². The second-order valence-electron chi connectivity index (χ2n) is 10.5. The molecule has 0 aromatic heterocycles. The van der Waals surface area contributed by atoms with E-state index in [1.807, 2.05) is 0 Å². The first-order valence-electron chi connectivity index (χ1n) is 11.6. The summed E-state index contributed by atoms with van der Waals surface area (Å²) in [6, 6.07) is 0. The van der Waals surface area contributed by atoms with Gasteiger partial charge in [0.15, 0.2) is 0 Å². The van der Waals surface area contributed by atoms with Gasteiger partial charge < -0.3 is 0 Å². The Morgan fingerprint density at radius 1 is 0.667 bits per heavy atom. The summed E-state index contributed by atoms with van der Waals surface area (Å²) in [5.74, 6) is -1.23. The van der Waals surface area contributed by atoms with Crippen LogP contribution in [-0.2, 0) is 0 Å². The maximum Gasteiger partial charge on any atom is 0.254 e. The van der Waals surface area contributed by atoms with E-state index in [1.165, 1.54) is 25.7 Å². The molecule has 4 aliphatic carbocycles. The van der Waals surface area contributed by atoms with Gasteiger partial charge in [0.2, 0.25) is 0 Å². The minimum atomic E-state index is -2.68. The summed E-state index contributed by atoms with van der Waals surface area (Å²) >= 11 is 0. The molecule has 27 heavy (non-hydrogen) atoms. The zero-order chi connectivity index (χ0) is 19.2. The van der Waals surface area contributed by atoms with Crippen LogP contribution in [0.1, 0.15) is 84.0 Å². The molecule has 0 amide bonds.